The second-order valence-corrected chi connectivity index (χ2v) is 15.9. The standard InChI is InChI=1S/C55H40N6S.C2H6/c1-3-5-19-36(4-2)50-56-51(37-20-9-6-10-21-37)59-54(57-50)42-28-15-26-40(34-42)44-30-17-32-46-47-33-18-31-45(49(47)62-48(44)46)41-27-16-29-43(35-41)55-60-52(38-22-11-7-12-23-38)58-53(61-55)39-24-13-8-14-25-39;1-2/h3-35,50H,2H2,1H3,(H,56,57,59);1-2H3/b5-3-,36-19+;. The summed E-state index contributed by atoms with van der Waals surface area (Å²) in [5.41, 5.74) is 10.2. The minimum atomic E-state index is -0.347. The Hall–Kier alpha value is -7.87. The van der Waals surface area contributed by atoms with E-state index in [-0.39, 0.29) is 6.17 Å². The smallest absolute Gasteiger partial charge is 0.164 e. The third-order valence-corrected chi connectivity index (χ3v) is 12.2. The lowest BCUT2D eigenvalue weighted by Gasteiger charge is -2.24. The maximum absolute atomic E-state index is 5.13. The van der Waals surface area contributed by atoms with Gasteiger partial charge in [-0.2, -0.15) is 0 Å². The van der Waals surface area contributed by atoms with Crippen LogP contribution in [-0.4, -0.2) is 32.8 Å². The summed E-state index contributed by atoms with van der Waals surface area (Å²) in [5, 5.41) is 5.98. The molecule has 2 aromatic heterocycles. The SMILES string of the molecule is C=C/C(=C\C=C/C)C1N=C(c2cccc(-c3cccc4c3sc3c(-c5cccc(-c6nc(-c7ccccc7)nc(-c7ccccc7)n6)c5)cccc34)c2)N=C(c2ccccc2)N1.CC. The van der Waals surface area contributed by atoms with Crippen molar-refractivity contribution in [2.45, 2.75) is 26.9 Å². The molecular weight excluding hydrogens is 801 g/mol. The van der Waals surface area contributed by atoms with Crippen LogP contribution in [0.15, 0.2) is 222 Å². The van der Waals surface area contributed by atoms with E-state index in [9.17, 15) is 0 Å². The number of aromatic nitrogens is 3. The van der Waals surface area contributed by atoms with E-state index in [2.05, 4.69) is 109 Å². The summed E-state index contributed by atoms with van der Waals surface area (Å²) in [6.07, 6.45) is 7.56. The van der Waals surface area contributed by atoms with Crippen molar-refractivity contribution < 1.29 is 0 Å². The molecule has 0 bridgehead atoms. The Kier molecular flexibility index (Phi) is 12.3. The monoisotopic (exact) mass is 846 g/mol. The first-order valence-corrected chi connectivity index (χ1v) is 22.4. The molecule has 1 N–H and O–H groups in total. The highest BCUT2D eigenvalue weighted by Crippen LogP contribution is 2.44. The third-order valence-electron chi connectivity index (χ3n) is 10.9. The summed E-state index contributed by atoms with van der Waals surface area (Å²) in [6, 6.07) is 60.7. The zero-order chi connectivity index (χ0) is 43.8. The van der Waals surface area contributed by atoms with Crippen molar-refractivity contribution in [3.8, 4) is 56.4 Å². The molecule has 0 amide bonds. The number of amidine groups is 2. The first kappa shape index (κ1) is 41.5. The van der Waals surface area contributed by atoms with E-state index >= 15 is 0 Å². The van der Waals surface area contributed by atoms with Crippen LogP contribution in [0.1, 0.15) is 31.9 Å². The van der Waals surface area contributed by atoms with Crippen molar-refractivity contribution in [2.24, 2.45) is 9.98 Å². The number of allylic oxidation sites excluding steroid dienone is 3. The number of fused-ring (bicyclic) bond motifs is 3. The van der Waals surface area contributed by atoms with Crippen LogP contribution >= 0.6 is 11.3 Å². The summed E-state index contributed by atoms with van der Waals surface area (Å²) in [7, 11) is 0. The van der Waals surface area contributed by atoms with Crippen LogP contribution < -0.4 is 5.32 Å². The molecule has 64 heavy (non-hydrogen) atoms. The number of hydrogen-bond acceptors (Lipinski definition) is 7. The molecule has 310 valence electrons. The first-order valence-electron chi connectivity index (χ1n) is 21.6. The molecule has 7 heteroatoms. The van der Waals surface area contributed by atoms with Gasteiger partial charge in [-0.1, -0.05) is 209 Å². The van der Waals surface area contributed by atoms with E-state index in [4.69, 9.17) is 24.9 Å². The predicted octanol–water partition coefficient (Wildman–Crippen LogP) is 14.4. The van der Waals surface area contributed by atoms with Gasteiger partial charge < -0.3 is 5.32 Å². The van der Waals surface area contributed by atoms with Crippen LogP contribution in [0.4, 0.5) is 0 Å². The van der Waals surface area contributed by atoms with Crippen LogP contribution in [0, 0.1) is 0 Å². The Morgan fingerprint density at radius 2 is 0.984 bits per heavy atom. The van der Waals surface area contributed by atoms with Gasteiger partial charge in [0.2, 0.25) is 0 Å². The van der Waals surface area contributed by atoms with Crippen LogP contribution in [0.3, 0.4) is 0 Å². The van der Waals surface area contributed by atoms with Gasteiger partial charge in [-0.15, -0.1) is 11.3 Å². The first-order chi connectivity index (χ1) is 31.6. The Bertz CT molecular complexity index is 3180. The van der Waals surface area contributed by atoms with E-state index < -0.39 is 0 Å². The maximum atomic E-state index is 5.13. The number of nitrogens with zero attached hydrogens (tertiary/aromatic N) is 5. The van der Waals surface area contributed by atoms with Crippen molar-refractivity contribution in [3.63, 3.8) is 0 Å². The van der Waals surface area contributed by atoms with Gasteiger partial charge in [0.1, 0.15) is 12.0 Å². The average Bonchev–Trinajstić information content (AvgIpc) is 3.77. The molecule has 0 aliphatic carbocycles. The lowest BCUT2D eigenvalue weighted by atomic mass is 9.98. The topological polar surface area (TPSA) is 75.4 Å². The van der Waals surface area contributed by atoms with Crippen LogP contribution in [0.25, 0.3) is 76.6 Å². The highest BCUT2D eigenvalue weighted by atomic mass is 32.1. The zero-order valence-electron chi connectivity index (χ0n) is 36.0. The second kappa shape index (κ2) is 19.0. The predicted molar refractivity (Wildman–Crippen MR) is 271 cm³/mol. The summed E-state index contributed by atoms with van der Waals surface area (Å²) < 4.78 is 2.45. The van der Waals surface area contributed by atoms with Crippen molar-refractivity contribution in [2.75, 3.05) is 0 Å². The molecule has 0 spiro atoms. The lowest BCUT2D eigenvalue weighted by Crippen LogP contribution is -2.39. The van der Waals surface area contributed by atoms with Crippen molar-refractivity contribution in [1.82, 2.24) is 20.3 Å². The molecule has 1 aliphatic rings. The number of thiophene rings is 1. The average molecular weight is 847 g/mol. The van der Waals surface area contributed by atoms with Crippen molar-refractivity contribution in [1.29, 1.82) is 0 Å². The number of benzene rings is 7. The molecule has 1 aliphatic heterocycles. The normalized spacial score (nSPS) is 13.8. The number of nitrogens with one attached hydrogen (secondary N) is 1. The van der Waals surface area contributed by atoms with Gasteiger partial charge in [-0.3, -0.25) is 0 Å². The van der Waals surface area contributed by atoms with Gasteiger partial charge in [-0.05, 0) is 46.9 Å². The second-order valence-electron chi connectivity index (χ2n) is 14.9. The van der Waals surface area contributed by atoms with Gasteiger partial charge in [0.25, 0.3) is 0 Å². The fourth-order valence-corrected chi connectivity index (χ4v) is 9.21. The molecule has 10 rings (SSSR count). The molecule has 0 radical (unpaired) electrons. The highest BCUT2D eigenvalue weighted by molar-refractivity contribution is 7.26. The van der Waals surface area contributed by atoms with E-state index in [0.29, 0.717) is 23.3 Å². The summed E-state index contributed by atoms with van der Waals surface area (Å²) in [5.74, 6) is 3.34. The largest absolute Gasteiger partial charge is 0.344 e. The number of aliphatic imine (C=N–C) groups is 2. The minimum absolute atomic E-state index is 0.347. The van der Waals surface area contributed by atoms with Crippen LogP contribution in [-0.2, 0) is 0 Å². The van der Waals surface area contributed by atoms with Gasteiger partial charge in [0, 0.05) is 48.0 Å². The van der Waals surface area contributed by atoms with E-state index in [1.807, 2.05) is 135 Å². The number of hydrogen-bond donors (Lipinski definition) is 1. The van der Waals surface area contributed by atoms with Gasteiger partial charge in [0.15, 0.2) is 23.3 Å². The van der Waals surface area contributed by atoms with E-state index in [0.717, 1.165) is 61.5 Å². The third kappa shape index (κ3) is 8.49. The molecule has 0 saturated heterocycles. The molecule has 1 atom stereocenters. The Morgan fingerprint density at radius 3 is 1.52 bits per heavy atom. The summed E-state index contributed by atoms with van der Waals surface area (Å²) >= 11 is 1.83. The van der Waals surface area contributed by atoms with Gasteiger partial charge in [0.05, 0.1) is 0 Å². The van der Waals surface area contributed by atoms with Crippen LogP contribution in [0.2, 0.25) is 0 Å². The molecule has 3 heterocycles. The fraction of sp³-hybridized carbons (Fsp3) is 0.0702. The zero-order valence-corrected chi connectivity index (χ0v) is 36.8. The Labute approximate surface area is 378 Å². The number of rotatable bonds is 10. The van der Waals surface area contributed by atoms with Crippen LogP contribution in [0.5, 0.6) is 0 Å². The molecule has 6 nitrogen and oxygen atoms in total. The van der Waals surface area contributed by atoms with Crippen molar-refractivity contribution in [3.05, 3.63) is 224 Å². The highest BCUT2D eigenvalue weighted by Gasteiger charge is 2.22. The molecule has 9 aromatic rings. The summed E-state index contributed by atoms with van der Waals surface area (Å²) in [4.78, 5) is 25.2. The molecule has 1 unspecified atom stereocenters. The Morgan fingerprint density at radius 1 is 0.531 bits per heavy atom. The fourth-order valence-electron chi connectivity index (χ4n) is 7.83. The van der Waals surface area contributed by atoms with Gasteiger partial charge >= 0.3 is 0 Å². The molecule has 0 fully saturated rings. The van der Waals surface area contributed by atoms with E-state index in [1.54, 1.807) is 0 Å². The molecule has 0 saturated carbocycles. The van der Waals surface area contributed by atoms with Gasteiger partial charge in [-0.25, -0.2) is 24.9 Å². The Balaban J connectivity index is 0.00000256. The summed E-state index contributed by atoms with van der Waals surface area (Å²) in [6.45, 7) is 10.1. The molecular formula is C57H46N6S. The molecule has 7 aromatic carbocycles. The van der Waals surface area contributed by atoms with E-state index in [1.165, 1.54) is 20.2 Å². The van der Waals surface area contributed by atoms with Crippen molar-refractivity contribution >= 4 is 43.2 Å². The quantitative estimate of drug-likeness (QED) is 0.139. The minimum Gasteiger partial charge on any atom is -0.344 e. The lowest BCUT2D eigenvalue weighted by molar-refractivity contribution is 0.731. The maximum Gasteiger partial charge on any atom is 0.164 e.